The third-order valence-electron chi connectivity index (χ3n) is 4.21. The van der Waals surface area contributed by atoms with E-state index < -0.39 is 0 Å². The minimum atomic E-state index is -0.0602. The summed E-state index contributed by atoms with van der Waals surface area (Å²) in [6.07, 6.45) is 2.90. The van der Waals surface area contributed by atoms with Crippen LogP contribution >= 0.6 is 0 Å². The van der Waals surface area contributed by atoms with Gasteiger partial charge in [0.1, 0.15) is 0 Å². The van der Waals surface area contributed by atoms with Gasteiger partial charge < -0.3 is 11.1 Å². The molecule has 0 saturated heterocycles. The van der Waals surface area contributed by atoms with Crippen LogP contribution in [-0.2, 0) is 12.8 Å². The zero-order valence-electron chi connectivity index (χ0n) is 12.2. The van der Waals surface area contributed by atoms with E-state index in [0.29, 0.717) is 11.3 Å². The number of nitrogen functional groups attached to an aromatic ring is 1. The molecule has 2 aromatic carbocycles. The number of fused-ring (bicyclic) bond motifs is 1. The van der Waals surface area contributed by atoms with Crippen LogP contribution in [0.1, 0.15) is 33.5 Å². The number of anilines is 1. The second-order valence-corrected chi connectivity index (χ2v) is 5.72. The molecule has 0 bridgehead atoms. The highest BCUT2D eigenvalue weighted by molar-refractivity contribution is 6.00. The molecule has 2 aromatic rings. The molecule has 21 heavy (non-hydrogen) atoms. The molecular weight excluding hydrogens is 260 g/mol. The van der Waals surface area contributed by atoms with Crippen molar-refractivity contribution in [2.75, 3.05) is 5.73 Å². The Morgan fingerprint density at radius 2 is 1.90 bits per heavy atom. The van der Waals surface area contributed by atoms with Gasteiger partial charge in [0.2, 0.25) is 0 Å². The first kappa shape index (κ1) is 13.7. The van der Waals surface area contributed by atoms with Crippen LogP contribution in [0.5, 0.6) is 0 Å². The summed E-state index contributed by atoms with van der Waals surface area (Å²) in [6, 6.07) is 14.2. The van der Waals surface area contributed by atoms with E-state index in [0.717, 1.165) is 24.8 Å². The monoisotopic (exact) mass is 280 g/mol. The fourth-order valence-corrected chi connectivity index (χ4v) is 3.08. The van der Waals surface area contributed by atoms with Crippen molar-refractivity contribution in [1.29, 1.82) is 0 Å². The van der Waals surface area contributed by atoms with Crippen LogP contribution in [0.15, 0.2) is 42.5 Å². The van der Waals surface area contributed by atoms with Crippen molar-refractivity contribution in [2.24, 2.45) is 0 Å². The average Bonchev–Trinajstić information content (AvgIpc) is 2.47. The van der Waals surface area contributed by atoms with Crippen LogP contribution in [0.2, 0.25) is 0 Å². The summed E-state index contributed by atoms with van der Waals surface area (Å²) in [5, 5.41) is 3.14. The molecule has 3 N–H and O–H groups in total. The van der Waals surface area contributed by atoms with Crippen molar-refractivity contribution in [3.05, 3.63) is 64.7 Å². The molecule has 1 aliphatic rings. The number of aryl methyl sites for hydroxylation is 2. The Balaban J connectivity index is 1.75. The van der Waals surface area contributed by atoms with Gasteiger partial charge in [-0.1, -0.05) is 36.4 Å². The molecule has 3 heteroatoms. The highest BCUT2D eigenvalue weighted by Gasteiger charge is 2.21. The predicted molar refractivity (Wildman–Crippen MR) is 85.3 cm³/mol. The maximum absolute atomic E-state index is 12.5. The van der Waals surface area contributed by atoms with Gasteiger partial charge in [-0.25, -0.2) is 0 Å². The van der Waals surface area contributed by atoms with E-state index in [-0.39, 0.29) is 11.9 Å². The molecule has 1 aliphatic carbocycles. The first-order valence-electron chi connectivity index (χ1n) is 7.38. The number of nitrogens with one attached hydrogen (secondary N) is 1. The van der Waals surface area contributed by atoms with E-state index in [1.54, 1.807) is 6.07 Å². The predicted octanol–water partition coefficient (Wildman–Crippen LogP) is 2.86. The molecule has 0 fully saturated rings. The third-order valence-corrected chi connectivity index (χ3v) is 4.21. The van der Waals surface area contributed by atoms with Gasteiger partial charge in [-0.15, -0.1) is 0 Å². The van der Waals surface area contributed by atoms with Crippen LogP contribution < -0.4 is 11.1 Å². The molecule has 0 spiro atoms. The van der Waals surface area contributed by atoms with E-state index in [2.05, 4.69) is 29.6 Å². The van der Waals surface area contributed by atoms with E-state index >= 15 is 0 Å². The Bertz CT molecular complexity index is 658. The lowest BCUT2D eigenvalue weighted by Crippen LogP contribution is -2.39. The van der Waals surface area contributed by atoms with Gasteiger partial charge in [-0.3, -0.25) is 4.79 Å². The highest BCUT2D eigenvalue weighted by Crippen LogP contribution is 2.22. The number of rotatable bonds is 2. The number of hydrogen-bond donors (Lipinski definition) is 2. The number of carbonyl (C=O) groups is 1. The molecule has 0 heterocycles. The minimum absolute atomic E-state index is 0.0602. The summed E-state index contributed by atoms with van der Waals surface area (Å²) >= 11 is 0. The van der Waals surface area contributed by atoms with Gasteiger partial charge in [-0.2, -0.15) is 0 Å². The molecule has 3 rings (SSSR count). The maximum atomic E-state index is 12.5. The summed E-state index contributed by atoms with van der Waals surface area (Å²) in [7, 11) is 0. The molecule has 3 nitrogen and oxygen atoms in total. The zero-order chi connectivity index (χ0) is 14.8. The van der Waals surface area contributed by atoms with Gasteiger partial charge in [0, 0.05) is 11.7 Å². The molecule has 0 aromatic heterocycles. The molecule has 1 amide bonds. The molecule has 0 aliphatic heterocycles. The van der Waals surface area contributed by atoms with Gasteiger partial charge in [0.05, 0.1) is 5.56 Å². The number of benzene rings is 2. The highest BCUT2D eigenvalue weighted by atomic mass is 16.1. The largest absolute Gasteiger partial charge is 0.398 e. The summed E-state index contributed by atoms with van der Waals surface area (Å²) in [5.41, 5.74) is 10.8. The first-order valence-corrected chi connectivity index (χ1v) is 7.38. The second-order valence-electron chi connectivity index (χ2n) is 5.72. The van der Waals surface area contributed by atoms with Crippen molar-refractivity contribution in [2.45, 2.75) is 32.2 Å². The van der Waals surface area contributed by atoms with Crippen molar-refractivity contribution in [1.82, 2.24) is 5.32 Å². The van der Waals surface area contributed by atoms with Crippen molar-refractivity contribution in [3.8, 4) is 0 Å². The Kier molecular flexibility index (Phi) is 3.65. The van der Waals surface area contributed by atoms with Crippen LogP contribution in [0.4, 0.5) is 5.69 Å². The van der Waals surface area contributed by atoms with Gasteiger partial charge >= 0.3 is 0 Å². The SMILES string of the molecule is Cc1cccc(N)c1C(=O)NC1CCc2ccccc2C1. The van der Waals surface area contributed by atoms with Crippen molar-refractivity contribution in [3.63, 3.8) is 0 Å². The topological polar surface area (TPSA) is 55.1 Å². The zero-order valence-corrected chi connectivity index (χ0v) is 12.2. The minimum Gasteiger partial charge on any atom is -0.398 e. The van der Waals surface area contributed by atoms with Crippen LogP contribution in [0.3, 0.4) is 0 Å². The summed E-state index contributed by atoms with van der Waals surface area (Å²) < 4.78 is 0. The number of nitrogens with two attached hydrogens (primary N) is 1. The van der Waals surface area contributed by atoms with Gasteiger partial charge in [0.25, 0.3) is 5.91 Å². The second kappa shape index (κ2) is 5.60. The Labute approximate surface area is 125 Å². The third kappa shape index (κ3) is 2.77. The van der Waals surface area contributed by atoms with Crippen LogP contribution in [-0.4, -0.2) is 11.9 Å². The van der Waals surface area contributed by atoms with Gasteiger partial charge in [-0.05, 0) is 48.9 Å². The lowest BCUT2D eigenvalue weighted by Gasteiger charge is -2.26. The van der Waals surface area contributed by atoms with Crippen molar-refractivity contribution >= 4 is 11.6 Å². The number of hydrogen-bond acceptors (Lipinski definition) is 2. The lowest BCUT2D eigenvalue weighted by atomic mass is 9.88. The fraction of sp³-hybridized carbons (Fsp3) is 0.278. The smallest absolute Gasteiger partial charge is 0.253 e. The van der Waals surface area contributed by atoms with E-state index in [4.69, 9.17) is 5.73 Å². The molecule has 0 radical (unpaired) electrons. The van der Waals surface area contributed by atoms with E-state index in [9.17, 15) is 4.79 Å². The van der Waals surface area contributed by atoms with Crippen LogP contribution in [0, 0.1) is 6.92 Å². The number of carbonyl (C=O) groups excluding carboxylic acids is 1. The number of amides is 1. The Morgan fingerprint density at radius 3 is 2.67 bits per heavy atom. The molecule has 0 saturated carbocycles. The molecular formula is C18H20N2O. The lowest BCUT2D eigenvalue weighted by molar-refractivity contribution is 0.0934. The summed E-state index contributed by atoms with van der Waals surface area (Å²) in [5.74, 6) is -0.0602. The van der Waals surface area contributed by atoms with E-state index in [1.807, 2.05) is 19.1 Å². The Hall–Kier alpha value is -2.29. The van der Waals surface area contributed by atoms with Crippen LogP contribution in [0.25, 0.3) is 0 Å². The molecule has 1 atom stereocenters. The average molecular weight is 280 g/mol. The van der Waals surface area contributed by atoms with E-state index in [1.165, 1.54) is 11.1 Å². The van der Waals surface area contributed by atoms with Crippen molar-refractivity contribution < 1.29 is 4.79 Å². The summed E-state index contributed by atoms with van der Waals surface area (Å²) in [6.45, 7) is 1.92. The Morgan fingerprint density at radius 1 is 1.14 bits per heavy atom. The normalized spacial score (nSPS) is 17.1. The molecule has 1 unspecified atom stereocenters. The standard InChI is InChI=1S/C18H20N2O/c1-12-5-4-8-16(19)17(12)18(21)20-15-10-9-13-6-2-3-7-14(13)11-15/h2-8,15H,9-11,19H2,1H3,(H,20,21). The fourth-order valence-electron chi connectivity index (χ4n) is 3.08. The van der Waals surface area contributed by atoms with Gasteiger partial charge in [0.15, 0.2) is 0 Å². The first-order chi connectivity index (χ1) is 10.1. The summed E-state index contributed by atoms with van der Waals surface area (Å²) in [4.78, 5) is 12.5. The maximum Gasteiger partial charge on any atom is 0.253 e. The quantitative estimate of drug-likeness (QED) is 0.831. The molecule has 108 valence electrons.